The Balaban J connectivity index is 1.68. The first-order valence-electron chi connectivity index (χ1n) is 6.13. The molecule has 18 heavy (non-hydrogen) atoms. The van der Waals surface area contributed by atoms with Crippen LogP contribution in [-0.2, 0) is 19.6 Å². The van der Waals surface area contributed by atoms with Gasteiger partial charge in [-0.15, -0.1) is 0 Å². The van der Waals surface area contributed by atoms with Gasteiger partial charge in [0.25, 0.3) is 0 Å². The molecule has 0 aliphatic carbocycles. The highest BCUT2D eigenvalue weighted by molar-refractivity contribution is 5.28. The SMILES string of the molecule is COc1ccc(CN2Cc3cccnc3C2)cc1. The molecule has 0 saturated heterocycles. The fourth-order valence-corrected chi connectivity index (χ4v) is 2.37. The standard InChI is InChI=1S/C15H16N2O/c1-18-14-6-4-12(5-7-14)9-17-10-13-3-2-8-16-15(13)11-17/h2-8H,9-11H2,1H3. The number of aromatic nitrogens is 1. The Morgan fingerprint density at radius 2 is 2.00 bits per heavy atom. The Morgan fingerprint density at radius 1 is 1.17 bits per heavy atom. The van der Waals surface area contributed by atoms with Crippen molar-refractivity contribution in [2.45, 2.75) is 19.6 Å². The van der Waals surface area contributed by atoms with Gasteiger partial charge >= 0.3 is 0 Å². The lowest BCUT2D eigenvalue weighted by Gasteiger charge is -2.14. The lowest BCUT2D eigenvalue weighted by Crippen LogP contribution is -2.15. The van der Waals surface area contributed by atoms with Crippen LogP contribution in [0.2, 0.25) is 0 Å². The molecule has 2 aromatic rings. The van der Waals surface area contributed by atoms with E-state index in [1.165, 1.54) is 16.8 Å². The first-order valence-corrected chi connectivity index (χ1v) is 6.13. The van der Waals surface area contributed by atoms with Crippen LogP contribution in [0, 0.1) is 0 Å². The van der Waals surface area contributed by atoms with Crippen molar-refractivity contribution in [1.29, 1.82) is 0 Å². The van der Waals surface area contributed by atoms with E-state index in [1.807, 2.05) is 24.4 Å². The smallest absolute Gasteiger partial charge is 0.118 e. The summed E-state index contributed by atoms with van der Waals surface area (Å²) in [6.07, 6.45) is 1.87. The Bertz CT molecular complexity index is 511. The fraction of sp³-hybridized carbons (Fsp3) is 0.267. The van der Waals surface area contributed by atoms with Gasteiger partial charge in [-0.1, -0.05) is 18.2 Å². The van der Waals surface area contributed by atoms with Crippen LogP contribution in [0.3, 0.4) is 0 Å². The summed E-state index contributed by atoms with van der Waals surface area (Å²) in [7, 11) is 1.69. The Hall–Kier alpha value is -1.87. The molecule has 0 amide bonds. The first kappa shape index (κ1) is 11.2. The molecule has 0 N–H and O–H groups in total. The maximum atomic E-state index is 5.17. The van der Waals surface area contributed by atoms with Gasteiger partial charge in [0.1, 0.15) is 5.75 Å². The minimum absolute atomic E-state index is 0.908. The van der Waals surface area contributed by atoms with Gasteiger partial charge in [0.2, 0.25) is 0 Å². The summed E-state index contributed by atoms with van der Waals surface area (Å²) in [5.74, 6) is 0.908. The normalized spacial score (nSPS) is 14.5. The molecule has 0 fully saturated rings. The number of fused-ring (bicyclic) bond motifs is 1. The molecule has 0 atom stereocenters. The van der Waals surface area contributed by atoms with Gasteiger partial charge in [-0.05, 0) is 29.3 Å². The van der Waals surface area contributed by atoms with Crippen LogP contribution in [-0.4, -0.2) is 17.0 Å². The van der Waals surface area contributed by atoms with Gasteiger partial charge in [0, 0.05) is 25.8 Å². The second-order valence-electron chi connectivity index (χ2n) is 4.60. The van der Waals surface area contributed by atoms with Crippen LogP contribution < -0.4 is 4.74 Å². The average Bonchev–Trinajstić information content (AvgIpc) is 2.82. The van der Waals surface area contributed by atoms with Gasteiger partial charge in [0.15, 0.2) is 0 Å². The summed E-state index contributed by atoms with van der Waals surface area (Å²) >= 11 is 0. The third-order valence-electron chi connectivity index (χ3n) is 3.32. The van der Waals surface area contributed by atoms with E-state index in [0.29, 0.717) is 0 Å². The lowest BCUT2D eigenvalue weighted by molar-refractivity contribution is 0.274. The lowest BCUT2D eigenvalue weighted by atomic mass is 10.2. The molecule has 2 heterocycles. The van der Waals surface area contributed by atoms with Crippen molar-refractivity contribution in [3.05, 3.63) is 59.4 Å². The zero-order valence-electron chi connectivity index (χ0n) is 10.5. The minimum atomic E-state index is 0.908. The van der Waals surface area contributed by atoms with Crippen LogP contribution in [0.1, 0.15) is 16.8 Å². The molecular weight excluding hydrogens is 224 g/mol. The first-order chi connectivity index (χ1) is 8.85. The van der Waals surface area contributed by atoms with E-state index in [4.69, 9.17) is 4.74 Å². The topological polar surface area (TPSA) is 25.4 Å². The van der Waals surface area contributed by atoms with Gasteiger partial charge in [0.05, 0.1) is 12.8 Å². The van der Waals surface area contributed by atoms with Crippen molar-refractivity contribution in [2.24, 2.45) is 0 Å². The van der Waals surface area contributed by atoms with E-state index < -0.39 is 0 Å². The van der Waals surface area contributed by atoms with Crippen molar-refractivity contribution < 1.29 is 4.74 Å². The van der Waals surface area contributed by atoms with Gasteiger partial charge < -0.3 is 4.74 Å². The summed E-state index contributed by atoms with van der Waals surface area (Å²) in [4.78, 5) is 6.82. The molecule has 1 aromatic heterocycles. The molecule has 3 heteroatoms. The van der Waals surface area contributed by atoms with Crippen LogP contribution in [0.4, 0.5) is 0 Å². The summed E-state index contributed by atoms with van der Waals surface area (Å²) in [6.45, 7) is 2.90. The predicted molar refractivity (Wildman–Crippen MR) is 70.2 cm³/mol. The molecule has 3 rings (SSSR count). The van der Waals surface area contributed by atoms with Crippen molar-refractivity contribution in [3.8, 4) is 5.75 Å². The Kier molecular flexibility index (Phi) is 2.99. The second kappa shape index (κ2) is 4.78. The number of pyridine rings is 1. The minimum Gasteiger partial charge on any atom is -0.497 e. The summed E-state index contributed by atoms with van der Waals surface area (Å²) in [6, 6.07) is 12.4. The Labute approximate surface area is 107 Å². The predicted octanol–water partition coefficient (Wildman–Crippen LogP) is 2.61. The number of nitrogens with zero attached hydrogens (tertiary/aromatic N) is 2. The molecule has 0 bridgehead atoms. The van der Waals surface area contributed by atoms with E-state index in [9.17, 15) is 0 Å². The van der Waals surface area contributed by atoms with E-state index in [-0.39, 0.29) is 0 Å². The fourth-order valence-electron chi connectivity index (χ4n) is 2.37. The molecule has 0 saturated carbocycles. The van der Waals surface area contributed by atoms with Crippen molar-refractivity contribution in [3.63, 3.8) is 0 Å². The molecule has 0 radical (unpaired) electrons. The highest BCUT2D eigenvalue weighted by atomic mass is 16.5. The van der Waals surface area contributed by atoms with Gasteiger partial charge in [-0.25, -0.2) is 0 Å². The van der Waals surface area contributed by atoms with Crippen molar-refractivity contribution in [2.75, 3.05) is 7.11 Å². The van der Waals surface area contributed by atoms with E-state index >= 15 is 0 Å². The largest absolute Gasteiger partial charge is 0.497 e. The number of ether oxygens (including phenoxy) is 1. The number of rotatable bonds is 3. The van der Waals surface area contributed by atoms with E-state index in [1.54, 1.807) is 7.11 Å². The van der Waals surface area contributed by atoms with Crippen molar-refractivity contribution >= 4 is 0 Å². The van der Waals surface area contributed by atoms with Crippen molar-refractivity contribution in [1.82, 2.24) is 9.88 Å². The second-order valence-corrected chi connectivity index (χ2v) is 4.60. The van der Waals surface area contributed by atoms with Crippen LogP contribution in [0.25, 0.3) is 0 Å². The molecule has 92 valence electrons. The maximum Gasteiger partial charge on any atom is 0.118 e. The number of benzene rings is 1. The molecule has 0 spiro atoms. The monoisotopic (exact) mass is 240 g/mol. The third kappa shape index (κ3) is 2.22. The molecule has 1 aliphatic rings. The molecule has 1 aliphatic heterocycles. The maximum absolute atomic E-state index is 5.17. The van der Waals surface area contributed by atoms with E-state index in [2.05, 4.69) is 28.1 Å². The molecular formula is C15H16N2O. The zero-order valence-corrected chi connectivity index (χ0v) is 10.5. The number of hydrogen-bond acceptors (Lipinski definition) is 3. The summed E-state index contributed by atoms with van der Waals surface area (Å²) in [5, 5.41) is 0. The Morgan fingerprint density at radius 3 is 2.72 bits per heavy atom. The van der Waals surface area contributed by atoms with Gasteiger partial charge in [-0.3, -0.25) is 9.88 Å². The van der Waals surface area contributed by atoms with E-state index in [0.717, 1.165) is 25.4 Å². The average molecular weight is 240 g/mol. The quantitative estimate of drug-likeness (QED) is 0.824. The molecule has 0 unspecified atom stereocenters. The number of hydrogen-bond donors (Lipinski definition) is 0. The van der Waals surface area contributed by atoms with Crippen LogP contribution in [0.5, 0.6) is 5.75 Å². The van der Waals surface area contributed by atoms with Crippen LogP contribution >= 0.6 is 0 Å². The number of methoxy groups -OCH3 is 1. The van der Waals surface area contributed by atoms with Crippen LogP contribution in [0.15, 0.2) is 42.6 Å². The third-order valence-corrected chi connectivity index (χ3v) is 3.32. The highest BCUT2D eigenvalue weighted by Gasteiger charge is 2.19. The highest BCUT2D eigenvalue weighted by Crippen LogP contribution is 2.22. The summed E-state index contributed by atoms with van der Waals surface area (Å²) in [5.41, 5.74) is 3.88. The summed E-state index contributed by atoms with van der Waals surface area (Å²) < 4.78 is 5.17. The molecule has 3 nitrogen and oxygen atoms in total. The zero-order chi connectivity index (χ0) is 12.4. The van der Waals surface area contributed by atoms with Gasteiger partial charge in [-0.2, -0.15) is 0 Å². The molecule has 1 aromatic carbocycles.